The first-order valence-electron chi connectivity index (χ1n) is 5.95. The molecular formula is C15H14BrFIN. The van der Waals surface area contributed by atoms with Gasteiger partial charge in [0.25, 0.3) is 0 Å². The van der Waals surface area contributed by atoms with Gasteiger partial charge in [-0.2, -0.15) is 0 Å². The predicted molar refractivity (Wildman–Crippen MR) is 90.0 cm³/mol. The van der Waals surface area contributed by atoms with Crippen molar-refractivity contribution in [3.8, 4) is 0 Å². The maximum Gasteiger partial charge on any atom is 0.137 e. The topological polar surface area (TPSA) is 12.0 Å². The summed E-state index contributed by atoms with van der Waals surface area (Å²) in [5.74, 6) is -0.235. The van der Waals surface area contributed by atoms with E-state index >= 15 is 0 Å². The summed E-state index contributed by atoms with van der Waals surface area (Å²) in [6, 6.07) is 11.5. The molecule has 2 rings (SSSR count). The van der Waals surface area contributed by atoms with Gasteiger partial charge in [0.2, 0.25) is 0 Å². The third-order valence-corrected chi connectivity index (χ3v) is 4.77. The van der Waals surface area contributed by atoms with E-state index in [1.165, 1.54) is 15.2 Å². The third-order valence-electron chi connectivity index (χ3n) is 3.00. The van der Waals surface area contributed by atoms with Crippen LogP contribution in [0.4, 0.5) is 10.1 Å². The van der Waals surface area contributed by atoms with Crippen LogP contribution in [0, 0.1) is 16.3 Å². The lowest BCUT2D eigenvalue weighted by molar-refractivity contribution is 0.619. The van der Waals surface area contributed by atoms with Crippen LogP contribution in [-0.2, 0) is 0 Å². The summed E-state index contributed by atoms with van der Waals surface area (Å²) in [5.41, 5.74) is 3.38. The van der Waals surface area contributed by atoms with E-state index in [0.717, 1.165) is 11.3 Å². The zero-order valence-corrected chi connectivity index (χ0v) is 14.4. The summed E-state index contributed by atoms with van der Waals surface area (Å²) in [5, 5.41) is 3.42. The SMILES string of the molecule is Cc1ccc(NC(C)c2ccc(F)c(Br)c2)cc1I. The fourth-order valence-corrected chi connectivity index (χ4v) is 2.71. The standard InChI is InChI=1S/C15H14BrFIN/c1-9-3-5-12(8-15(9)18)19-10(2)11-4-6-14(17)13(16)7-11/h3-8,10,19H,1-2H3. The van der Waals surface area contributed by atoms with Gasteiger partial charge in [0, 0.05) is 15.3 Å². The van der Waals surface area contributed by atoms with Crippen molar-refractivity contribution in [2.24, 2.45) is 0 Å². The summed E-state index contributed by atoms with van der Waals surface area (Å²) < 4.78 is 14.9. The van der Waals surface area contributed by atoms with E-state index < -0.39 is 0 Å². The molecule has 1 atom stereocenters. The zero-order chi connectivity index (χ0) is 14.0. The largest absolute Gasteiger partial charge is 0.378 e. The third kappa shape index (κ3) is 3.69. The van der Waals surface area contributed by atoms with E-state index in [0.29, 0.717) is 4.47 Å². The summed E-state index contributed by atoms with van der Waals surface area (Å²) >= 11 is 5.54. The van der Waals surface area contributed by atoms with Gasteiger partial charge in [0.15, 0.2) is 0 Å². The lowest BCUT2D eigenvalue weighted by Crippen LogP contribution is -2.07. The number of benzene rings is 2. The van der Waals surface area contributed by atoms with Crippen molar-refractivity contribution in [2.45, 2.75) is 19.9 Å². The van der Waals surface area contributed by atoms with E-state index in [2.05, 4.69) is 75.9 Å². The smallest absolute Gasteiger partial charge is 0.137 e. The quantitative estimate of drug-likeness (QED) is 0.614. The first-order chi connectivity index (χ1) is 8.97. The predicted octanol–water partition coefficient (Wildman–Crippen LogP) is 5.67. The molecule has 0 saturated heterocycles. The van der Waals surface area contributed by atoms with Crippen LogP contribution in [0.25, 0.3) is 0 Å². The fraction of sp³-hybridized carbons (Fsp3) is 0.200. The van der Waals surface area contributed by atoms with E-state index in [1.54, 1.807) is 6.07 Å². The molecule has 0 aromatic heterocycles. The Bertz CT molecular complexity index is 601. The molecular weight excluding hydrogens is 420 g/mol. The molecule has 0 fully saturated rings. The van der Waals surface area contributed by atoms with Crippen molar-refractivity contribution >= 4 is 44.2 Å². The highest BCUT2D eigenvalue weighted by atomic mass is 127. The number of hydrogen-bond donors (Lipinski definition) is 1. The van der Waals surface area contributed by atoms with E-state index in [9.17, 15) is 4.39 Å². The van der Waals surface area contributed by atoms with Crippen molar-refractivity contribution in [2.75, 3.05) is 5.32 Å². The molecule has 0 bridgehead atoms. The molecule has 0 amide bonds. The molecule has 4 heteroatoms. The Morgan fingerprint density at radius 3 is 2.58 bits per heavy atom. The minimum Gasteiger partial charge on any atom is -0.378 e. The normalized spacial score (nSPS) is 12.3. The van der Waals surface area contributed by atoms with Crippen LogP contribution in [0.2, 0.25) is 0 Å². The number of hydrogen-bond acceptors (Lipinski definition) is 1. The minimum absolute atomic E-state index is 0.121. The number of aryl methyl sites for hydroxylation is 1. The fourth-order valence-electron chi connectivity index (χ4n) is 1.80. The van der Waals surface area contributed by atoms with Gasteiger partial charge in [-0.05, 0) is 87.8 Å². The van der Waals surface area contributed by atoms with Crippen LogP contribution < -0.4 is 5.32 Å². The Morgan fingerprint density at radius 2 is 1.95 bits per heavy atom. The molecule has 0 aliphatic heterocycles. The lowest BCUT2D eigenvalue weighted by Gasteiger charge is -2.17. The zero-order valence-electron chi connectivity index (χ0n) is 10.7. The van der Waals surface area contributed by atoms with Crippen LogP contribution in [0.1, 0.15) is 24.1 Å². The Hall–Kier alpha value is -0.620. The molecule has 1 nitrogen and oxygen atoms in total. The number of nitrogens with one attached hydrogen (secondary N) is 1. The number of rotatable bonds is 3. The van der Waals surface area contributed by atoms with Gasteiger partial charge in [-0.3, -0.25) is 0 Å². The van der Waals surface area contributed by atoms with Crippen LogP contribution in [0.15, 0.2) is 40.9 Å². The second kappa shape index (κ2) is 6.22. The average Bonchev–Trinajstić information content (AvgIpc) is 2.37. The molecule has 0 heterocycles. The Morgan fingerprint density at radius 1 is 1.21 bits per heavy atom. The average molecular weight is 434 g/mol. The molecule has 0 spiro atoms. The highest BCUT2D eigenvalue weighted by molar-refractivity contribution is 14.1. The second-order valence-corrected chi connectivity index (χ2v) is 6.52. The van der Waals surface area contributed by atoms with Crippen LogP contribution >= 0.6 is 38.5 Å². The maximum absolute atomic E-state index is 13.2. The molecule has 1 N–H and O–H groups in total. The van der Waals surface area contributed by atoms with E-state index in [-0.39, 0.29) is 11.9 Å². The number of anilines is 1. The molecule has 2 aromatic carbocycles. The van der Waals surface area contributed by atoms with Gasteiger partial charge in [0.1, 0.15) is 5.82 Å². The summed E-state index contributed by atoms with van der Waals surface area (Å²) in [6.07, 6.45) is 0. The van der Waals surface area contributed by atoms with Crippen molar-refractivity contribution in [3.63, 3.8) is 0 Å². The highest BCUT2D eigenvalue weighted by Gasteiger charge is 2.08. The molecule has 0 radical (unpaired) electrons. The number of halogens is 3. The van der Waals surface area contributed by atoms with Gasteiger partial charge in [-0.15, -0.1) is 0 Å². The van der Waals surface area contributed by atoms with Crippen molar-refractivity contribution in [1.29, 1.82) is 0 Å². The van der Waals surface area contributed by atoms with Crippen molar-refractivity contribution in [1.82, 2.24) is 0 Å². The summed E-state index contributed by atoms with van der Waals surface area (Å²) in [7, 11) is 0. The maximum atomic E-state index is 13.2. The van der Waals surface area contributed by atoms with E-state index in [4.69, 9.17) is 0 Å². The van der Waals surface area contributed by atoms with Gasteiger partial charge in [-0.1, -0.05) is 12.1 Å². The first kappa shape index (κ1) is 14.8. The Kier molecular flexibility index (Phi) is 4.84. The monoisotopic (exact) mass is 433 g/mol. The van der Waals surface area contributed by atoms with Crippen LogP contribution in [0.5, 0.6) is 0 Å². The first-order valence-corrected chi connectivity index (χ1v) is 7.82. The van der Waals surface area contributed by atoms with Crippen LogP contribution in [-0.4, -0.2) is 0 Å². The molecule has 0 aliphatic carbocycles. The highest BCUT2D eigenvalue weighted by Crippen LogP contribution is 2.25. The molecule has 100 valence electrons. The van der Waals surface area contributed by atoms with Crippen molar-refractivity contribution < 1.29 is 4.39 Å². The summed E-state index contributed by atoms with van der Waals surface area (Å²) in [6.45, 7) is 4.15. The molecule has 1 unspecified atom stereocenters. The minimum atomic E-state index is -0.235. The van der Waals surface area contributed by atoms with Gasteiger partial charge in [0.05, 0.1) is 4.47 Å². The second-order valence-electron chi connectivity index (χ2n) is 4.50. The molecule has 19 heavy (non-hydrogen) atoms. The van der Waals surface area contributed by atoms with Gasteiger partial charge >= 0.3 is 0 Å². The Labute approximate surface area is 134 Å². The van der Waals surface area contributed by atoms with Gasteiger partial charge in [-0.25, -0.2) is 4.39 Å². The summed E-state index contributed by atoms with van der Waals surface area (Å²) in [4.78, 5) is 0. The van der Waals surface area contributed by atoms with E-state index in [1.807, 2.05) is 6.07 Å². The van der Waals surface area contributed by atoms with Crippen LogP contribution in [0.3, 0.4) is 0 Å². The lowest BCUT2D eigenvalue weighted by atomic mass is 10.1. The molecule has 0 aliphatic rings. The molecule has 0 saturated carbocycles. The van der Waals surface area contributed by atoms with Crippen molar-refractivity contribution in [3.05, 3.63) is 61.4 Å². The molecule has 2 aromatic rings. The van der Waals surface area contributed by atoms with Gasteiger partial charge < -0.3 is 5.32 Å². The Balaban J connectivity index is 2.17.